The summed E-state index contributed by atoms with van der Waals surface area (Å²) in [5.41, 5.74) is 0.578. The molecule has 1 aromatic heterocycles. The Morgan fingerprint density at radius 2 is 1.75 bits per heavy atom. The van der Waals surface area contributed by atoms with Gasteiger partial charge in [0, 0.05) is 50.9 Å². The molecule has 0 radical (unpaired) electrons. The van der Waals surface area contributed by atoms with Crippen molar-refractivity contribution >= 4 is 39.4 Å². The van der Waals surface area contributed by atoms with Gasteiger partial charge >= 0.3 is 6.09 Å². The molecule has 3 aliphatic rings. The number of morpholine rings is 1. The Balaban J connectivity index is 1.31. The van der Waals surface area contributed by atoms with Crippen LogP contribution >= 0.6 is 0 Å². The van der Waals surface area contributed by atoms with E-state index in [1.807, 2.05) is 36.4 Å². The molecule has 0 bridgehead atoms. The first-order valence-electron chi connectivity index (χ1n) is 14.8. The summed E-state index contributed by atoms with van der Waals surface area (Å²) in [7, 11) is 0. The van der Waals surface area contributed by atoms with E-state index in [0.717, 1.165) is 10.8 Å². The fourth-order valence-electron chi connectivity index (χ4n) is 6.13. The van der Waals surface area contributed by atoms with Crippen LogP contribution in [0, 0.1) is 5.82 Å². The average Bonchev–Trinajstić information content (AvgIpc) is 3.05. The number of carbonyl (C=O) groups is 2. The van der Waals surface area contributed by atoms with Crippen LogP contribution < -0.4 is 15.5 Å². The molecule has 7 rings (SSSR count). The quantitative estimate of drug-likeness (QED) is 0.322. The zero-order valence-electron chi connectivity index (χ0n) is 24.3. The molecule has 12 heteroatoms. The molecule has 44 heavy (non-hydrogen) atoms. The number of fused-ring (bicyclic) bond motifs is 4. The third-order valence-corrected chi connectivity index (χ3v) is 8.42. The van der Waals surface area contributed by atoms with Crippen LogP contribution in [0.5, 0.6) is 11.5 Å². The Hall–Kier alpha value is -4.68. The topological polar surface area (TPSA) is 106 Å². The van der Waals surface area contributed by atoms with E-state index in [1.165, 1.54) is 6.07 Å². The number of anilines is 1. The zero-order chi connectivity index (χ0) is 30.4. The summed E-state index contributed by atoms with van der Waals surface area (Å²) in [6.45, 7) is 6.02. The molecule has 0 atom stereocenters. The van der Waals surface area contributed by atoms with Gasteiger partial charge in [-0.3, -0.25) is 14.5 Å². The highest BCUT2D eigenvalue weighted by Gasteiger charge is 2.31. The number of piperazine rings is 1. The molecule has 11 nitrogen and oxygen atoms in total. The molecule has 4 aromatic rings. The lowest BCUT2D eigenvalue weighted by atomic mass is 10.0. The molecule has 1 N–H and O–H groups in total. The maximum Gasteiger partial charge on any atom is 0.409 e. The van der Waals surface area contributed by atoms with Crippen molar-refractivity contribution in [2.45, 2.75) is 6.92 Å². The predicted octanol–water partition coefficient (Wildman–Crippen LogP) is 4.00. The van der Waals surface area contributed by atoms with Crippen molar-refractivity contribution in [3.63, 3.8) is 0 Å². The first kappa shape index (κ1) is 28.1. The van der Waals surface area contributed by atoms with Crippen LogP contribution in [0.1, 0.15) is 17.3 Å². The molecule has 0 aliphatic carbocycles. The number of pyridine rings is 1. The summed E-state index contributed by atoms with van der Waals surface area (Å²) in [6.07, 6.45) is 1.23. The molecule has 2 amide bonds. The van der Waals surface area contributed by atoms with Gasteiger partial charge in [-0.1, -0.05) is 30.3 Å². The lowest BCUT2D eigenvalue weighted by Crippen LogP contribution is -2.50. The maximum absolute atomic E-state index is 15.9. The minimum Gasteiger partial charge on any atom is -0.451 e. The number of halogens is 1. The second kappa shape index (κ2) is 11.4. The highest BCUT2D eigenvalue weighted by Crippen LogP contribution is 2.47. The first-order chi connectivity index (χ1) is 21.4. The van der Waals surface area contributed by atoms with E-state index in [2.05, 4.69) is 10.2 Å². The maximum atomic E-state index is 15.9. The van der Waals surface area contributed by atoms with Gasteiger partial charge in [-0.05, 0) is 24.4 Å². The number of aromatic nitrogens is 1. The molecule has 2 fully saturated rings. The van der Waals surface area contributed by atoms with E-state index in [4.69, 9.17) is 14.2 Å². The van der Waals surface area contributed by atoms with E-state index in [-0.39, 0.29) is 35.1 Å². The van der Waals surface area contributed by atoms with Gasteiger partial charge in [-0.25, -0.2) is 9.18 Å². The van der Waals surface area contributed by atoms with Gasteiger partial charge < -0.3 is 33.9 Å². The smallest absolute Gasteiger partial charge is 0.409 e. The summed E-state index contributed by atoms with van der Waals surface area (Å²) in [5.74, 6) is -0.428. The Labute approximate surface area is 252 Å². The average molecular weight is 602 g/mol. The SMILES string of the molecule is CCOC(=O)N1CCN(CNc2c(F)cc3c(=O)c(C(=O)N4CCOCC4)cn4c3c2Oc2ccc3ccccc3c2-4)CC1. The van der Waals surface area contributed by atoms with Crippen LogP contribution in [0.15, 0.2) is 53.5 Å². The van der Waals surface area contributed by atoms with Gasteiger partial charge in [-0.15, -0.1) is 0 Å². The molecular weight excluding hydrogens is 569 g/mol. The minimum absolute atomic E-state index is 0.0364. The van der Waals surface area contributed by atoms with Crippen LogP contribution in [0.3, 0.4) is 0 Å². The fourth-order valence-corrected chi connectivity index (χ4v) is 6.13. The number of benzene rings is 3. The Morgan fingerprint density at radius 3 is 2.52 bits per heavy atom. The standard InChI is InChI=1S/C32H32FN5O6/c1-2-43-32(41)37-11-9-35(10-12-37)19-34-26-24(33)17-22-28-30(26)44-25-8-7-20-5-3-4-6-21(20)27(25)38(28)18-23(29(22)39)31(40)36-13-15-42-16-14-36/h3-8,17-18,34H,2,9-16,19H2,1H3. The van der Waals surface area contributed by atoms with E-state index in [9.17, 15) is 14.4 Å². The Bertz CT molecular complexity index is 1850. The van der Waals surface area contributed by atoms with Gasteiger partial charge in [0.25, 0.3) is 5.91 Å². The van der Waals surface area contributed by atoms with Crippen molar-refractivity contribution < 1.29 is 28.2 Å². The first-order valence-corrected chi connectivity index (χ1v) is 14.8. The van der Waals surface area contributed by atoms with Crippen molar-refractivity contribution in [3.05, 3.63) is 70.3 Å². The van der Waals surface area contributed by atoms with Gasteiger partial charge in [0.05, 0.1) is 37.6 Å². The van der Waals surface area contributed by atoms with Crippen LogP contribution in [0.2, 0.25) is 0 Å². The number of ether oxygens (including phenoxy) is 3. The highest BCUT2D eigenvalue weighted by molar-refractivity contribution is 6.04. The molecule has 4 heterocycles. The van der Waals surface area contributed by atoms with Gasteiger partial charge in [0.2, 0.25) is 5.43 Å². The number of amides is 2. The van der Waals surface area contributed by atoms with E-state index in [1.54, 1.807) is 27.5 Å². The Kier molecular flexibility index (Phi) is 7.31. The van der Waals surface area contributed by atoms with E-state index >= 15 is 4.39 Å². The number of nitrogens with one attached hydrogen (secondary N) is 1. The molecule has 2 saturated heterocycles. The van der Waals surface area contributed by atoms with Crippen LogP contribution in [0.4, 0.5) is 14.9 Å². The molecule has 0 unspecified atom stereocenters. The van der Waals surface area contributed by atoms with Gasteiger partial charge in [0.1, 0.15) is 16.8 Å². The van der Waals surface area contributed by atoms with Crippen LogP contribution in [-0.2, 0) is 9.47 Å². The van der Waals surface area contributed by atoms with Crippen molar-refractivity contribution in [1.29, 1.82) is 0 Å². The minimum atomic E-state index is -0.665. The summed E-state index contributed by atoms with van der Waals surface area (Å²) in [4.78, 5) is 44.9. The molecular formula is C32H32FN5O6. The highest BCUT2D eigenvalue weighted by atomic mass is 19.1. The second-order valence-electron chi connectivity index (χ2n) is 11.0. The number of hydrogen-bond acceptors (Lipinski definition) is 8. The monoisotopic (exact) mass is 601 g/mol. The van der Waals surface area contributed by atoms with E-state index in [0.29, 0.717) is 76.0 Å². The van der Waals surface area contributed by atoms with Gasteiger partial charge in [-0.2, -0.15) is 0 Å². The summed E-state index contributed by atoms with van der Waals surface area (Å²) >= 11 is 0. The fraction of sp³-hybridized carbons (Fsp3) is 0.344. The van der Waals surface area contributed by atoms with E-state index < -0.39 is 17.2 Å². The van der Waals surface area contributed by atoms with Crippen molar-refractivity contribution in [2.24, 2.45) is 0 Å². The summed E-state index contributed by atoms with van der Waals surface area (Å²) in [5, 5.41) is 5.06. The van der Waals surface area contributed by atoms with Crippen LogP contribution in [-0.4, -0.2) is 97.0 Å². The Morgan fingerprint density at radius 1 is 0.977 bits per heavy atom. The van der Waals surface area contributed by atoms with Crippen molar-refractivity contribution in [1.82, 2.24) is 19.3 Å². The van der Waals surface area contributed by atoms with Crippen LogP contribution in [0.25, 0.3) is 27.4 Å². The third kappa shape index (κ3) is 4.80. The third-order valence-electron chi connectivity index (χ3n) is 8.42. The number of rotatable bonds is 5. The normalized spacial score (nSPS) is 16.5. The largest absolute Gasteiger partial charge is 0.451 e. The predicted molar refractivity (Wildman–Crippen MR) is 162 cm³/mol. The molecule has 0 spiro atoms. The number of nitrogens with zero attached hydrogens (tertiary/aromatic N) is 4. The zero-order valence-corrected chi connectivity index (χ0v) is 24.3. The summed E-state index contributed by atoms with van der Waals surface area (Å²) in [6, 6.07) is 12.7. The lowest BCUT2D eigenvalue weighted by Gasteiger charge is -2.34. The van der Waals surface area contributed by atoms with Crippen molar-refractivity contribution in [2.75, 3.05) is 71.1 Å². The molecule has 228 valence electrons. The molecule has 3 aliphatic heterocycles. The number of carbonyl (C=O) groups excluding carboxylic acids is 2. The second-order valence-corrected chi connectivity index (χ2v) is 11.0. The van der Waals surface area contributed by atoms with Crippen molar-refractivity contribution in [3.8, 4) is 17.2 Å². The molecule has 3 aromatic carbocycles. The molecule has 0 saturated carbocycles. The van der Waals surface area contributed by atoms with Gasteiger partial charge in [0.15, 0.2) is 17.3 Å². The lowest BCUT2D eigenvalue weighted by molar-refractivity contribution is 0.0301. The number of hydrogen-bond donors (Lipinski definition) is 1. The summed E-state index contributed by atoms with van der Waals surface area (Å²) < 4.78 is 34.6.